The molecular weight excluding hydrogens is 460 g/mol. The number of hydrogen-bond acceptors (Lipinski definition) is 0. The van der Waals surface area contributed by atoms with Gasteiger partial charge in [0, 0.05) is 0 Å². The summed E-state index contributed by atoms with van der Waals surface area (Å²) in [7, 11) is -2.10. The molecule has 1 heteroatoms. The Kier molecular flexibility index (Phi) is 6.02. The third-order valence-corrected chi connectivity index (χ3v) is 11.6. The molecule has 1 aliphatic carbocycles. The van der Waals surface area contributed by atoms with Crippen molar-refractivity contribution >= 4 is 24.0 Å². The van der Waals surface area contributed by atoms with E-state index in [4.69, 9.17) is 0 Å². The monoisotopic (exact) mass is 492 g/mol. The highest BCUT2D eigenvalue weighted by atomic mass is 28.3. The van der Waals surface area contributed by atoms with Crippen molar-refractivity contribution < 1.29 is 0 Å². The highest BCUT2D eigenvalue weighted by Gasteiger charge is 2.50. The molecule has 0 N–H and O–H groups in total. The zero-order valence-corrected chi connectivity index (χ0v) is 22.6. The molecule has 0 aromatic heterocycles. The molecule has 0 amide bonds. The number of benzene rings is 5. The van der Waals surface area contributed by atoms with Crippen LogP contribution in [0.4, 0.5) is 0 Å². The van der Waals surface area contributed by atoms with E-state index in [1.54, 1.807) is 5.20 Å². The van der Waals surface area contributed by atoms with Crippen LogP contribution in [0, 0.1) is 0 Å². The Balaban J connectivity index is 1.77. The number of hydrogen-bond donors (Lipinski definition) is 0. The van der Waals surface area contributed by atoms with E-state index in [1.165, 1.54) is 38.6 Å². The van der Waals surface area contributed by atoms with E-state index in [9.17, 15) is 0 Å². The number of fused-ring (bicyclic) bond motifs is 1. The van der Waals surface area contributed by atoms with Crippen LogP contribution in [0.3, 0.4) is 0 Å². The van der Waals surface area contributed by atoms with E-state index in [0.29, 0.717) is 0 Å². The summed E-state index contributed by atoms with van der Waals surface area (Å²) in [5.74, 6) is 0. The van der Waals surface area contributed by atoms with Crippen LogP contribution in [-0.4, -0.2) is 8.07 Å². The molecule has 0 saturated heterocycles. The van der Waals surface area contributed by atoms with Crippen LogP contribution in [0.5, 0.6) is 0 Å². The third kappa shape index (κ3) is 3.91. The Bertz CT molecular complexity index is 1530. The van der Waals surface area contributed by atoms with Gasteiger partial charge in [-0.2, -0.15) is 0 Å². The second-order valence-electron chi connectivity index (χ2n) is 10.6. The summed E-state index contributed by atoms with van der Waals surface area (Å²) in [6.45, 7) is 5.06. The fourth-order valence-electron chi connectivity index (χ4n) is 6.41. The lowest BCUT2D eigenvalue weighted by atomic mass is 9.66. The van der Waals surface area contributed by atoms with Crippen LogP contribution in [0.1, 0.15) is 27.8 Å². The predicted octanol–water partition coefficient (Wildman–Crippen LogP) is 8.29. The minimum Gasteiger partial charge on any atom is -0.0626 e. The van der Waals surface area contributed by atoms with Gasteiger partial charge in [0.1, 0.15) is 8.07 Å². The molecule has 1 unspecified atom stereocenters. The molecule has 6 rings (SSSR count). The van der Waals surface area contributed by atoms with E-state index in [2.05, 4.69) is 159 Å². The van der Waals surface area contributed by atoms with Crippen LogP contribution in [0.2, 0.25) is 13.1 Å². The molecule has 0 nitrogen and oxygen atoms in total. The van der Waals surface area contributed by atoms with Gasteiger partial charge in [-0.15, -0.1) is 0 Å². The first kappa shape index (κ1) is 23.5. The van der Waals surface area contributed by atoms with Gasteiger partial charge in [-0.25, -0.2) is 0 Å². The molecular formula is C36H32Si. The molecule has 5 aromatic carbocycles. The van der Waals surface area contributed by atoms with E-state index in [0.717, 1.165) is 6.42 Å². The first-order valence-electron chi connectivity index (χ1n) is 13.2. The maximum absolute atomic E-state index is 2.53. The Morgan fingerprint density at radius 1 is 0.541 bits per heavy atom. The van der Waals surface area contributed by atoms with Gasteiger partial charge in [-0.05, 0) is 45.0 Å². The average molecular weight is 493 g/mol. The molecule has 0 radical (unpaired) electrons. The normalized spacial score (nSPS) is 17.0. The second kappa shape index (κ2) is 9.50. The van der Waals surface area contributed by atoms with Gasteiger partial charge in [-0.3, -0.25) is 0 Å². The van der Waals surface area contributed by atoms with E-state index < -0.39 is 8.07 Å². The Labute approximate surface area is 222 Å². The number of rotatable bonds is 6. The van der Waals surface area contributed by atoms with Gasteiger partial charge in [0.25, 0.3) is 0 Å². The highest BCUT2D eigenvalue weighted by Crippen LogP contribution is 2.58. The molecule has 5 aromatic rings. The van der Waals surface area contributed by atoms with E-state index in [-0.39, 0.29) is 5.41 Å². The molecule has 0 fully saturated rings. The van der Waals surface area contributed by atoms with Crippen molar-refractivity contribution in [3.63, 3.8) is 0 Å². The van der Waals surface area contributed by atoms with Gasteiger partial charge in [0.05, 0.1) is 5.41 Å². The van der Waals surface area contributed by atoms with Crippen LogP contribution in [-0.2, 0) is 11.8 Å². The minimum atomic E-state index is -2.10. The van der Waals surface area contributed by atoms with Gasteiger partial charge in [0.2, 0.25) is 0 Å². The zero-order valence-electron chi connectivity index (χ0n) is 21.6. The third-order valence-electron chi connectivity index (χ3n) is 8.09. The van der Waals surface area contributed by atoms with Crippen molar-refractivity contribution in [2.75, 3.05) is 0 Å². The Morgan fingerprint density at radius 2 is 1.05 bits per heavy atom. The maximum Gasteiger partial charge on any atom is 0.113 e. The van der Waals surface area contributed by atoms with E-state index in [1.807, 2.05) is 0 Å². The summed E-state index contributed by atoms with van der Waals surface area (Å²) in [5, 5.41) is 3.03. The highest BCUT2D eigenvalue weighted by molar-refractivity contribution is 7.06. The lowest BCUT2D eigenvalue weighted by Gasteiger charge is -2.37. The predicted molar refractivity (Wildman–Crippen MR) is 161 cm³/mol. The molecule has 1 atom stereocenters. The molecule has 0 aliphatic heterocycles. The van der Waals surface area contributed by atoms with Crippen molar-refractivity contribution in [2.45, 2.75) is 24.9 Å². The first-order valence-corrected chi connectivity index (χ1v) is 16.2. The molecule has 180 valence electrons. The summed E-state index contributed by atoms with van der Waals surface area (Å²) in [6.07, 6.45) is 0.919. The quantitative estimate of drug-likeness (QED) is 0.209. The molecule has 0 heterocycles. The van der Waals surface area contributed by atoms with Crippen molar-refractivity contribution in [1.82, 2.24) is 0 Å². The fourth-order valence-corrected chi connectivity index (χ4v) is 9.60. The summed E-state index contributed by atoms with van der Waals surface area (Å²) >= 11 is 0. The zero-order chi connectivity index (χ0) is 25.3. The van der Waals surface area contributed by atoms with Crippen LogP contribution in [0.15, 0.2) is 146 Å². The topological polar surface area (TPSA) is 0 Å². The average Bonchev–Trinajstić information content (AvgIpc) is 3.27. The van der Waals surface area contributed by atoms with Crippen LogP contribution < -0.4 is 5.19 Å². The summed E-state index contributed by atoms with van der Waals surface area (Å²) in [4.78, 5) is 0. The Morgan fingerprint density at radius 3 is 1.70 bits per heavy atom. The number of allylic oxidation sites excluding steroid dienone is 1. The first-order chi connectivity index (χ1) is 18.1. The summed E-state index contributed by atoms with van der Waals surface area (Å²) in [5.41, 5.74) is 8.08. The lowest BCUT2D eigenvalue weighted by Crippen LogP contribution is -2.43. The second-order valence-corrected chi connectivity index (χ2v) is 14.9. The fraction of sp³-hybridized carbons (Fsp3) is 0.111. The van der Waals surface area contributed by atoms with Gasteiger partial charge < -0.3 is 0 Å². The van der Waals surface area contributed by atoms with Crippen molar-refractivity contribution in [1.29, 1.82) is 0 Å². The molecule has 0 saturated carbocycles. The van der Waals surface area contributed by atoms with Gasteiger partial charge in [-0.1, -0.05) is 164 Å². The van der Waals surface area contributed by atoms with Crippen molar-refractivity contribution in [2.24, 2.45) is 0 Å². The van der Waals surface area contributed by atoms with E-state index >= 15 is 0 Å². The van der Waals surface area contributed by atoms with Gasteiger partial charge in [0.15, 0.2) is 0 Å². The SMILES string of the molecule is C[Si](C)(C1=C(c2ccccc2)C(Cc2ccccc2)(c2ccccc2)c2ccccc21)c1ccccc1. The summed E-state index contributed by atoms with van der Waals surface area (Å²) in [6, 6.07) is 53.8. The summed E-state index contributed by atoms with van der Waals surface area (Å²) < 4.78 is 0. The van der Waals surface area contributed by atoms with Crippen LogP contribution in [0.25, 0.3) is 10.8 Å². The smallest absolute Gasteiger partial charge is 0.0626 e. The minimum absolute atomic E-state index is 0.283. The lowest BCUT2D eigenvalue weighted by molar-refractivity contribution is 0.667. The molecule has 1 aliphatic rings. The van der Waals surface area contributed by atoms with Crippen molar-refractivity contribution in [3.05, 3.63) is 173 Å². The molecule has 0 bridgehead atoms. The van der Waals surface area contributed by atoms with Crippen LogP contribution >= 0.6 is 0 Å². The van der Waals surface area contributed by atoms with Gasteiger partial charge >= 0.3 is 0 Å². The largest absolute Gasteiger partial charge is 0.113 e. The Hall–Kier alpha value is -3.94. The molecule has 0 spiro atoms. The van der Waals surface area contributed by atoms with Crippen molar-refractivity contribution in [3.8, 4) is 0 Å². The molecule has 37 heavy (non-hydrogen) atoms. The maximum atomic E-state index is 2.53. The standard InChI is InChI=1S/C36H32Si/c1-37(2,31-23-13-6-14-24-31)35-32-25-15-16-26-33(32)36(30-21-11-5-12-22-30,27-28-17-7-3-8-18-28)34(35)29-19-9-4-10-20-29/h3-26H,27H2,1-2H3.